The van der Waals surface area contributed by atoms with Crippen molar-refractivity contribution in [3.8, 4) is 56.7 Å². The predicted octanol–water partition coefficient (Wildman–Crippen LogP) is 15.0. The molecule has 0 spiro atoms. The summed E-state index contributed by atoms with van der Waals surface area (Å²) >= 11 is 0. The number of hydrogen-bond acceptors (Lipinski definition) is 3. The van der Waals surface area contributed by atoms with Crippen molar-refractivity contribution in [1.29, 1.82) is 0 Å². The zero-order chi connectivity index (χ0) is 42.1. The molecule has 0 saturated heterocycles. The van der Waals surface area contributed by atoms with Gasteiger partial charge in [-0.3, -0.25) is 0 Å². The highest BCUT2D eigenvalue weighted by molar-refractivity contribution is 6.17. The first kappa shape index (κ1) is 36.0. The van der Waals surface area contributed by atoms with Crippen molar-refractivity contribution in [1.82, 2.24) is 24.1 Å². The average molecular weight is 816 g/mol. The Morgan fingerprint density at radius 3 is 1.56 bits per heavy atom. The molecule has 0 unspecified atom stereocenters. The smallest absolute Gasteiger partial charge is 0.166 e. The Hall–Kier alpha value is -8.67. The molecule has 298 valence electrons. The molecule has 0 aliphatic rings. The lowest BCUT2D eigenvalue weighted by Gasteiger charge is -2.18. The molecule has 3 heterocycles. The summed E-state index contributed by atoms with van der Waals surface area (Å²) in [6, 6.07) is 79.9. The third-order valence-corrected chi connectivity index (χ3v) is 12.8. The van der Waals surface area contributed by atoms with Crippen molar-refractivity contribution in [3.63, 3.8) is 0 Å². The lowest BCUT2D eigenvalue weighted by molar-refractivity contribution is 1.07. The van der Waals surface area contributed by atoms with E-state index >= 15 is 0 Å². The van der Waals surface area contributed by atoms with E-state index in [0.29, 0.717) is 17.5 Å². The summed E-state index contributed by atoms with van der Waals surface area (Å²) in [5.74, 6) is 1.86. The van der Waals surface area contributed by atoms with Gasteiger partial charge in [0, 0.05) is 43.8 Å². The molecule has 0 atom stereocenters. The normalized spacial score (nSPS) is 11.8. The van der Waals surface area contributed by atoms with E-state index in [1.54, 1.807) is 0 Å². The van der Waals surface area contributed by atoms with Gasteiger partial charge in [-0.1, -0.05) is 188 Å². The van der Waals surface area contributed by atoms with E-state index in [-0.39, 0.29) is 0 Å². The molecule has 0 aliphatic heterocycles. The van der Waals surface area contributed by atoms with Crippen LogP contribution in [-0.4, -0.2) is 24.1 Å². The van der Waals surface area contributed by atoms with Crippen LogP contribution in [-0.2, 0) is 0 Å². The fraction of sp³-hybridized carbons (Fsp3) is 0. The van der Waals surface area contributed by atoms with E-state index in [2.05, 4.69) is 234 Å². The van der Waals surface area contributed by atoms with Gasteiger partial charge in [-0.15, -0.1) is 0 Å². The van der Waals surface area contributed by atoms with Crippen LogP contribution in [0.5, 0.6) is 0 Å². The summed E-state index contributed by atoms with van der Waals surface area (Å²) in [5, 5.41) is 9.17. The first-order valence-corrected chi connectivity index (χ1v) is 21.7. The van der Waals surface area contributed by atoms with Crippen LogP contribution in [0.3, 0.4) is 0 Å². The molecule has 0 fully saturated rings. The molecule has 3 aromatic heterocycles. The maximum absolute atomic E-state index is 5.43. The van der Waals surface area contributed by atoms with Gasteiger partial charge in [0.2, 0.25) is 0 Å². The molecule has 0 N–H and O–H groups in total. The molecule has 0 saturated carbocycles. The summed E-state index contributed by atoms with van der Waals surface area (Å²) in [6.07, 6.45) is 0. The maximum Gasteiger partial charge on any atom is 0.166 e. The second-order valence-corrected chi connectivity index (χ2v) is 16.4. The van der Waals surface area contributed by atoms with E-state index in [1.807, 2.05) is 0 Å². The van der Waals surface area contributed by atoms with Gasteiger partial charge in [0.25, 0.3) is 0 Å². The van der Waals surface area contributed by atoms with Crippen LogP contribution < -0.4 is 0 Å². The lowest BCUT2D eigenvalue weighted by Crippen LogP contribution is -2.04. The molecule has 13 rings (SSSR count). The Morgan fingerprint density at radius 2 is 0.766 bits per heavy atom. The van der Waals surface area contributed by atoms with Gasteiger partial charge in [-0.05, 0) is 63.5 Å². The van der Waals surface area contributed by atoms with Crippen molar-refractivity contribution < 1.29 is 0 Å². The molecule has 10 aromatic carbocycles. The largest absolute Gasteiger partial charge is 0.307 e. The second kappa shape index (κ2) is 14.5. The SMILES string of the molecule is c1ccc(-c2ccccc2-n2c3ccccc3c3cccc(-n4c5ccccc5c5cccc(-c6nc(-c7ccc8ccccc8c7)nc(-c7cccc8ccccc78)n6)c54)c32)cc1. The van der Waals surface area contributed by atoms with Crippen LogP contribution in [0.1, 0.15) is 0 Å². The van der Waals surface area contributed by atoms with Gasteiger partial charge in [0.05, 0.1) is 33.4 Å². The number of hydrogen-bond donors (Lipinski definition) is 0. The first-order valence-electron chi connectivity index (χ1n) is 21.7. The molecular formula is C59H37N5. The molecule has 0 radical (unpaired) electrons. The van der Waals surface area contributed by atoms with Crippen LogP contribution in [0, 0.1) is 0 Å². The van der Waals surface area contributed by atoms with Crippen LogP contribution in [0.15, 0.2) is 224 Å². The van der Waals surface area contributed by atoms with E-state index in [0.717, 1.165) is 82.6 Å². The zero-order valence-electron chi connectivity index (χ0n) is 34.6. The van der Waals surface area contributed by atoms with Crippen LogP contribution >= 0.6 is 0 Å². The summed E-state index contributed by atoms with van der Waals surface area (Å²) in [6.45, 7) is 0. The highest BCUT2D eigenvalue weighted by atomic mass is 15.1. The van der Waals surface area contributed by atoms with E-state index < -0.39 is 0 Å². The highest BCUT2D eigenvalue weighted by Gasteiger charge is 2.24. The van der Waals surface area contributed by atoms with E-state index in [9.17, 15) is 0 Å². The number of aromatic nitrogens is 5. The van der Waals surface area contributed by atoms with Crippen molar-refractivity contribution in [2.45, 2.75) is 0 Å². The molecule has 5 nitrogen and oxygen atoms in total. The van der Waals surface area contributed by atoms with E-state index in [1.165, 1.54) is 21.7 Å². The van der Waals surface area contributed by atoms with Gasteiger partial charge in [-0.25, -0.2) is 15.0 Å². The Balaban J connectivity index is 1.14. The van der Waals surface area contributed by atoms with E-state index in [4.69, 9.17) is 15.0 Å². The zero-order valence-corrected chi connectivity index (χ0v) is 34.6. The average Bonchev–Trinajstić information content (AvgIpc) is 3.89. The Morgan fingerprint density at radius 1 is 0.266 bits per heavy atom. The molecule has 0 amide bonds. The first-order chi connectivity index (χ1) is 31.8. The highest BCUT2D eigenvalue weighted by Crippen LogP contribution is 2.43. The van der Waals surface area contributed by atoms with Gasteiger partial charge in [0.1, 0.15) is 0 Å². The Labute approximate surface area is 368 Å². The van der Waals surface area contributed by atoms with Gasteiger partial charge < -0.3 is 9.13 Å². The number of fused-ring (bicyclic) bond motifs is 8. The number of para-hydroxylation sites is 5. The topological polar surface area (TPSA) is 48.5 Å². The third-order valence-electron chi connectivity index (χ3n) is 12.8. The van der Waals surface area contributed by atoms with Crippen LogP contribution in [0.4, 0.5) is 0 Å². The van der Waals surface area contributed by atoms with Crippen LogP contribution in [0.25, 0.3) is 122 Å². The summed E-state index contributed by atoms with van der Waals surface area (Å²) < 4.78 is 4.91. The molecule has 64 heavy (non-hydrogen) atoms. The Kier molecular flexibility index (Phi) is 8.15. The number of benzene rings is 10. The van der Waals surface area contributed by atoms with Gasteiger partial charge >= 0.3 is 0 Å². The molecular weight excluding hydrogens is 779 g/mol. The van der Waals surface area contributed by atoms with Crippen molar-refractivity contribution in [2.75, 3.05) is 0 Å². The fourth-order valence-corrected chi connectivity index (χ4v) is 9.91. The van der Waals surface area contributed by atoms with Crippen molar-refractivity contribution >= 4 is 65.2 Å². The van der Waals surface area contributed by atoms with Crippen molar-refractivity contribution in [3.05, 3.63) is 224 Å². The third kappa shape index (κ3) is 5.61. The molecule has 0 bridgehead atoms. The molecule has 0 aliphatic carbocycles. The fourth-order valence-electron chi connectivity index (χ4n) is 9.91. The minimum atomic E-state index is 0.609. The van der Waals surface area contributed by atoms with Crippen molar-refractivity contribution in [2.24, 2.45) is 0 Å². The quantitative estimate of drug-likeness (QED) is 0.168. The molecule has 13 aromatic rings. The molecule has 5 heteroatoms. The number of nitrogens with zero attached hydrogens (tertiary/aromatic N) is 5. The second-order valence-electron chi connectivity index (χ2n) is 16.4. The van der Waals surface area contributed by atoms with Crippen LogP contribution in [0.2, 0.25) is 0 Å². The lowest BCUT2D eigenvalue weighted by atomic mass is 10.0. The van der Waals surface area contributed by atoms with Gasteiger partial charge in [0.15, 0.2) is 17.5 Å². The summed E-state index contributed by atoms with van der Waals surface area (Å²) in [5.41, 5.74) is 11.7. The number of rotatable bonds is 6. The monoisotopic (exact) mass is 815 g/mol. The Bertz CT molecular complexity index is 3970. The summed E-state index contributed by atoms with van der Waals surface area (Å²) in [4.78, 5) is 16.1. The minimum Gasteiger partial charge on any atom is -0.307 e. The maximum atomic E-state index is 5.43. The predicted molar refractivity (Wildman–Crippen MR) is 265 cm³/mol. The van der Waals surface area contributed by atoms with Gasteiger partial charge in [-0.2, -0.15) is 0 Å². The standard InChI is InChI=1S/C59H37N5/c1-2-18-40(19-3-1)44-24-8-11-31-51(44)63-52-32-12-10-26-46(52)48-28-16-34-54(56(48)63)64-53-33-13-9-25-45(53)47-27-15-30-50(55(47)64)59-61-57(42-36-35-38-17-4-5-21-41(38)37-42)60-58(62-59)49-29-14-22-39-20-6-7-23-43(39)49/h1-37H. The minimum absolute atomic E-state index is 0.609. The summed E-state index contributed by atoms with van der Waals surface area (Å²) in [7, 11) is 0.